The molecule has 0 aliphatic heterocycles. The fourth-order valence-corrected chi connectivity index (χ4v) is 1.68. The molecule has 0 aliphatic rings. The first-order valence-corrected chi connectivity index (χ1v) is 5.13. The number of ether oxygens (including phenoxy) is 1. The highest BCUT2D eigenvalue weighted by atomic mass is 19.1. The molecule has 2 aromatic rings. The topological polar surface area (TPSA) is 95.2 Å². The average Bonchev–Trinajstić information content (AvgIpc) is 2.37. The molecule has 19 heavy (non-hydrogen) atoms. The molecule has 96 valence electrons. The summed E-state index contributed by atoms with van der Waals surface area (Å²) in [5, 5.41) is 20.0. The van der Waals surface area contributed by atoms with Crippen LogP contribution in [0.3, 0.4) is 0 Å². The number of carbonyl (C=O) groups is 1. The molecule has 0 bridgehead atoms. The number of nitriles is 1. The molecular formula is C12H8FN3O3. The van der Waals surface area contributed by atoms with Gasteiger partial charge in [-0.3, -0.25) is 10.3 Å². The van der Waals surface area contributed by atoms with Crippen LogP contribution >= 0.6 is 0 Å². The Balaban J connectivity index is 2.73. The third-order valence-corrected chi connectivity index (χ3v) is 2.49. The van der Waals surface area contributed by atoms with Gasteiger partial charge in [0.05, 0.1) is 30.1 Å². The van der Waals surface area contributed by atoms with Gasteiger partial charge >= 0.3 is 6.09 Å². The summed E-state index contributed by atoms with van der Waals surface area (Å²) in [6.07, 6.45) is -0.126. The number of amides is 1. The molecule has 0 saturated heterocycles. The van der Waals surface area contributed by atoms with Crippen LogP contribution in [0.25, 0.3) is 10.9 Å². The summed E-state index contributed by atoms with van der Waals surface area (Å²) in [6, 6.07) is 4.27. The van der Waals surface area contributed by atoms with Crippen LogP contribution in [0.15, 0.2) is 18.3 Å². The summed E-state index contributed by atoms with van der Waals surface area (Å²) in [5.41, 5.74) is 0.353. The minimum atomic E-state index is -1.33. The first kappa shape index (κ1) is 12.6. The Bertz CT molecular complexity index is 709. The number of halogens is 1. The molecule has 0 atom stereocenters. The maximum atomic E-state index is 13.6. The van der Waals surface area contributed by atoms with Gasteiger partial charge in [-0.1, -0.05) is 0 Å². The van der Waals surface area contributed by atoms with Crippen molar-refractivity contribution in [3.63, 3.8) is 0 Å². The lowest BCUT2D eigenvalue weighted by Gasteiger charge is -2.08. The number of aromatic nitrogens is 1. The molecule has 0 unspecified atom stereocenters. The lowest BCUT2D eigenvalue weighted by atomic mass is 10.1. The highest BCUT2D eigenvalue weighted by Crippen LogP contribution is 2.29. The van der Waals surface area contributed by atoms with Gasteiger partial charge in [-0.2, -0.15) is 5.26 Å². The first-order chi connectivity index (χ1) is 9.06. The van der Waals surface area contributed by atoms with Crippen molar-refractivity contribution >= 4 is 22.7 Å². The molecule has 1 aromatic carbocycles. The Kier molecular flexibility index (Phi) is 3.16. The summed E-state index contributed by atoms with van der Waals surface area (Å²) < 4.78 is 18.4. The number of benzene rings is 1. The predicted octanol–water partition coefficient (Wildman–Crippen LogP) is 2.34. The second-order valence-electron chi connectivity index (χ2n) is 3.59. The van der Waals surface area contributed by atoms with Crippen molar-refractivity contribution in [2.75, 3.05) is 12.4 Å². The van der Waals surface area contributed by atoms with E-state index >= 15 is 0 Å². The third-order valence-electron chi connectivity index (χ3n) is 2.49. The summed E-state index contributed by atoms with van der Waals surface area (Å²) in [4.78, 5) is 14.6. The maximum Gasteiger partial charge on any atom is 0.409 e. The zero-order valence-electron chi connectivity index (χ0n) is 9.77. The van der Waals surface area contributed by atoms with Gasteiger partial charge < -0.3 is 9.84 Å². The van der Waals surface area contributed by atoms with Crippen LogP contribution in [0.1, 0.15) is 5.56 Å². The predicted molar refractivity (Wildman–Crippen MR) is 64.6 cm³/mol. The second kappa shape index (κ2) is 4.78. The van der Waals surface area contributed by atoms with Crippen LogP contribution in [-0.4, -0.2) is 23.3 Å². The Morgan fingerprint density at radius 3 is 2.89 bits per heavy atom. The number of nitrogens with one attached hydrogen (secondary N) is 1. The van der Waals surface area contributed by atoms with E-state index in [-0.39, 0.29) is 22.4 Å². The molecule has 1 amide bonds. The van der Waals surface area contributed by atoms with E-state index in [1.54, 1.807) is 0 Å². The number of fused-ring (bicyclic) bond motifs is 1. The fourth-order valence-electron chi connectivity index (χ4n) is 1.68. The van der Waals surface area contributed by atoms with Crippen LogP contribution in [0.5, 0.6) is 5.75 Å². The number of pyridine rings is 1. The Morgan fingerprint density at radius 1 is 1.58 bits per heavy atom. The molecule has 0 radical (unpaired) electrons. The normalized spacial score (nSPS) is 9.95. The Morgan fingerprint density at radius 2 is 2.32 bits per heavy atom. The number of rotatable bonds is 2. The molecule has 2 rings (SSSR count). The molecule has 2 N–H and O–H groups in total. The first-order valence-electron chi connectivity index (χ1n) is 5.13. The van der Waals surface area contributed by atoms with Crippen LogP contribution in [0.2, 0.25) is 0 Å². The van der Waals surface area contributed by atoms with Crippen molar-refractivity contribution in [1.29, 1.82) is 5.26 Å². The van der Waals surface area contributed by atoms with Gasteiger partial charge in [0.25, 0.3) is 0 Å². The molecule has 0 spiro atoms. The van der Waals surface area contributed by atoms with E-state index in [0.717, 1.165) is 6.07 Å². The van der Waals surface area contributed by atoms with Gasteiger partial charge in [0, 0.05) is 11.5 Å². The quantitative estimate of drug-likeness (QED) is 0.865. The zero-order chi connectivity index (χ0) is 14.0. The molecule has 7 heteroatoms. The van der Waals surface area contributed by atoms with Gasteiger partial charge in [-0.05, 0) is 6.07 Å². The smallest absolute Gasteiger partial charge is 0.409 e. The number of methoxy groups -OCH3 is 1. The summed E-state index contributed by atoms with van der Waals surface area (Å²) >= 11 is 0. The number of carboxylic acid groups (broad SMARTS) is 1. The third kappa shape index (κ3) is 2.24. The van der Waals surface area contributed by atoms with E-state index in [2.05, 4.69) is 4.98 Å². The van der Waals surface area contributed by atoms with Crippen LogP contribution in [0, 0.1) is 17.1 Å². The molecule has 0 fully saturated rings. The molecular weight excluding hydrogens is 253 g/mol. The Hall–Kier alpha value is -2.88. The minimum absolute atomic E-state index is 0.00262. The van der Waals surface area contributed by atoms with Crippen molar-refractivity contribution in [2.45, 2.75) is 0 Å². The highest BCUT2D eigenvalue weighted by molar-refractivity contribution is 5.94. The van der Waals surface area contributed by atoms with Gasteiger partial charge in [-0.25, -0.2) is 9.18 Å². The minimum Gasteiger partial charge on any atom is -0.494 e. The van der Waals surface area contributed by atoms with Crippen molar-refractivity contribution < 1.29 is 19.0 Å². The monoisotopic (exact) mass is 261 g/mol. The standard InChI is InChI=1S/C12H8FN3O3/c1-19-11-3-9-6(2-8(11)13)7(4-14)10(5-15-9)16-12(17)18/h2-3,5,16H,1H3,(H,17,18). The molecule has 6 nitrogen and oxygen atoms in total. The van der Waals surface area contributed by atoms with Crippen LogP contribution in [0.4, 0.5) is 14.9 Å². The molecule has 0 saturated carbocycles. The number of hydrogen-bond donors (Lipinski definition) is 2. The van der Waals surface area contributed by atoms with Crippen LogP contribution in [-0.2, 0) is 0 Å². The van der Waals surface area contributed by atoms with Gasteiger partial charge in [0.2, 0.25) is 0 Å². The molecule has 1 heterocycles. The van der Waals surface area contributed by atoms with E-state index in [9.17, 15) is 9.18 Å². The van der Waals surface area contributed by atoms with E-state index < -0.39 is 11.9 Å². The molecule has 1 aromatic heterocycles. The lowest BCUT2D eigenvalue weighted by molar-refractivity contribution is 0.209. The van der Waals surface area contributed by atoms with Crippen molar-refractivity contribution in [2.24, 2.45) is 0 Å². The summed E-state index contributed by atoms with van der Waals surface area (Å²) in [6.45, 7) is 0. The van der Waals surface area contributed by atoms with E-state index in [0.29, 0.717) is 5.52 Å². The zero-order valence-corrected chi connectivity index (χ0v) is 9.77. The lowest BCUT2D eigenvalue weighted by Crippen LogP contribution is -2.09. The van der Waals surface area contributed by atoms with Crippen molar-refractivity contribution in [1.82, 2.24) is 4.98 Å². The van der Waals surface area contributed by atoms with E-state index in [1.807, 2.05) is 11.4 Å². The van der Waals surface area contributed by atoms with E-state index in [4.69, 9.17) is 15.1 Å². The van der Waals surface area contributed by atoms with Crippen molar-refractivity contribution in [3.8, 4) is 11.8 Å². The van der Waals surface area contributed by atoms with Gasteiger partial charge in [-0.15, -0.1) is 0 Å². The fraction of sp³-hybridized carbons (Fsp3) is 0.0833. The number of anilines is 1. The summed E-state index contributed by atoms with van der Waals surface area (Å²) in [7, 11) is 1.32. The van der Waals surface area contributed by atoms with Gasteiger partial charge in [0.15, 0.2) is 11.6 Å². The second-order valence-corrected chi connectivity index (χ2v) is 3.59. The molecule has 0 aliphatic carbocycles. The number of nitrogens with zero attached hydrogens (tertiary/aromatic N) is 2. The SMILES string of the molecule is COc1cc2ncc(NC(=O)O)c(C#N)c2cc1F. The van der Waals surface area contributed by atoms with Gasteiger partial charge in [0.1, 0.15) is 6.07 Å². The van der Waals surface area contributed by atoms with Crippen molar-refractivity contribution in [3.05, 3.63) is 29.7 Å². The number of hydrogen-bond acceptors (Lipinski definition) is 4. The van der Waals surface area contributed by atoms with Crippen LogP contribution < -0.4 is 10.1 Å². The Labute approximate surface area is 107 Å². The van der Waals surface area contributed by atoms with E-state index in [1.165, 1.54) is 19.4 Å². The largest absolute Gasteiger partial charge is 0.494 e. The maximum absolute atomic E-state index is 13.6. The summed E-state index contributed by atoms with van der Waals surface area (Å²) in [5.74, 6) is -0.649. The average molecular weight is 261 g/mol. The highest BCUT2D eigenvalue weighted by Gasteiger charge is 2.14.